The van der Waals surface area contributed by atoms with Gasteiger partial charge in [0.1, 0.15) is 11.9 Å². The number of quaternary nitrogens is 1. The van der Waals surface area contributed by atoms with E-state index in [-0.39, 0.29) is 95.1 Å². The number of nitro groups is 1. The van der Waals surface area contributed by atoms with Gasteiger partial charge in [0.15, 0.2) is 5.82 Å². The Hall–Kier alpha value is -0.960. The number of hydrogen-bond acceptors (Lipinski definition) is 9. The van der Waals surface area contributed by atoms with Crippen LogP contribution in [0.25, 0.3) is 0 Å². The molecule has 0 spiro atoms. The number of pyridine rings is 1. The summed E-state index contributed by atoms with van der Waals surface area (Å²) < 4.78 is 35.2. The monoisotopic (exact) mass is 468 g/mol. The molecule has 0 radical (unpaired) electrons. The molecule has 2 rings (SSSR count). The van der Waals surface area contributed by atoms with Crippen LogP contribution in [-0.4, -0.2) is 36.0 Å². The molecule has 0 saturated carbocycles. The maximum Gasteiger partial charge on any atom is 1.00 e. The van der Waals surface area contributed by atoms with Crippen LogP contribution in [0.2, 0.25) is 0 Å². The van der Waals surface area contributed by atoms with Crippen molar-refractivity contribution in [3.63, 3.8) is 0 Å². The molecule has 156 valence electrons. The van der Waals surface area contributed by atoms with E-state index in [0.29, 0.717) is 12.8 Å². The van der Waals surface area contributed by atoms with Gasteiger partial charge in [0, 0.05) is 12.1 Å². The molecule has 0 unspecified atom stereocenters. The van der Waals surface area contributed by atoms with Gasteiger partial charge in [0.05, 0.1) is 23.7 Å². The largest absolute Gasteiger partial charge is 1.00 e. The van der Waals surface area contributed by atoms with Crippen LogP contribution in [0.1, 0.15) is 26.7 Å². The molecule has 1 aromatic heterocycles. The van der Waals surface area contributed by atoms with E-state index in [0.717, 1.165) is 12.3 Å². The minimum atomic E-state index is -4.77. The van der Waals surface area contributed by atoms with Crippen molar-refractivity contribution in [3.8, 4) is 5.75 Å². The van der Waals surface area contributed by atoms with E-state index in [1.165, 1.54) is 24.3 Å². The third-order valence-corrected chi connectivity index (χ3v) is 5.65. The molecule has 11 nitrogen and oxygen atoms in total. The molecule has 0 atom stereocenters. The summed E-state index contributed by atoms with van der Waals surface area (Å²) in [7, 11) is -4.77. The van der Waals surface area contributed by atoms with Gasteiger partial charge < -0.3 is 9.66 Å². The predicted molar refractivity (Wildman–Crippen MR) is 103 cm³/mol. The number of azo groups is 1. The molecule has 0 N–H and O–H groups in total. The first-order chi connectivity index (χ1) is 13.6. The zero-order valence-electron chi connectivity index (χ0n) is 17.9. The fourth-order valence-electron chi connectivity index (χ4n) is 2.93. The van der Waals surface area contributed by atoms with E-state index >= 15 is 0 Å². The summed E-state index contributed by atoms with van der Waals surface area (Å²) in [6.07, 6.45) is 1.88. The van der Waals surface area contributed by atoms with E-state index < -0.39 is 24.9 Å². The summed E-state index contributed by atoms with van der Waals surface area (Å²) in [6, 6.07) is 6.21. The summed E-state index contributed by atoms with van der Waals surface area (Å²) in [5.74, 6) is -0.546. The van der Waals surface area contributed by atoms with Gasteiger partial charge in [-0.2, -0.15) is 12.3 Å². The normalized spacial score (nSPS) is 11.6. The van der Waals surface area contributed by atoms with Gasteiger partial charge in [-0.25, -0.2) is 4.98 Å². The van der Waals surface area contributed by atoms with E-state index in [1.54, 1.807) is 13.8 Å². The first kappa shape index (κ1) is 30.0. The Kier molecular flexibility index (Phi) is 12.5. The third kappa shape index (κ3) is 7.27. The van der Waals surface area contributed by atoms with Crippen LogP contribution in [-0.2, 0) is 10.3 Å². The second-order valence-corrected chi connectivity index (χ2v) is 7.80. The van der Waals surface area contributed by atoms with Gasteiger partial charge in [0.2, 0.25) is 0 Å². The SMILES string of the molecule is CCC[N+](CCC)(c1ccc(N=Nc2ccc([N+](=O)[O-])cn2)c([O-])c1)S(=O)(=O)[O-].[Na+].[Na+]. The van der Waals surface area contributed by atoms with Crippen molar-refractivity contribution in [2.75, 3.05) is 13.1 Å². The van der Waals surface area contributed by atoms with E-state index in [4.69, 9.17) is 0 Å². The van der Waals surface area contributed by atoms with Gasteiger partial charge in [-0.1, -0.05) is 19.6 Å². The molecular weight excluding hydrogens is 448 g/mol. The second kappa shape index (κ2) is 12.9. The predicted octanol–water partition coefficient (Wildman–Crippen LogP) is -2.93. The average molecular weight is 468 g/mol. The Balaban J connectivity index is 0.00000450. The van der Waals surface area contributed by atoms with Crippen molar-refractivity contribution in [2.45, 2.75) is 26.7 Å². The Morgan fingerprint density at radius 1 is 1.06 bits per heavy atom. The maximum atomic E-state index is 12.4. The van der Waals surface area contributed by atoms with Crippen LogP contribution in [0, 0.1) is 10.1 Å². The summed E-state index contributed by atoms with van der Waals surface area (Å²) in [6.45, 7) is 3.61. The summed E-state index contributed by atoms with van der Waals surface area (Å²) in [5.41, 5.74) is -0.206. The fourth-order valence-corrected chi connectivity index (χ4v) is 4.12. The van der Waals surface area contributed by atoms with E-state index in [2.05, 4.69) is 15.2 Å². The van der Waals surface area contributed by atoms with Crippen molar-refractivity contribution >= 4 is 33.2 Å². The van der Waals surface area contributed by atoms with Crippen LogP contribution in [0.5, 0.6) is 5.75 Å². The quantitative estimate of drug-likeness (QED) is 0.0951. The van der Waals surface area contributed by atoms with Gasteiger partial charge in [-0.05, 0) is 31.0 Å². The van der Waals surface area contributed by atoms with Gasteiger partial charge in [-0.15, -0.1) is 10.2 Å². The molecule has 0 saturated heterocycles. The zero-order valence-corrected chi connectivity index (χ0v) is 22.7. The first-order valence-corrected chi connectivity index (χ1v) is 10.2. The molecule has 31 heavy (non-hydrogen) atoms. The molecule has 1 heterocycles. The van der Waals surface area contributed by atoms with Crippen LogP contribution in [0.4, 0.5) is 22.9 Å². The molecule has 0 fully saturated rings. The Morgan fingerprint density at radius 3 is 2.10 bits per heavy atom. The van der Waals surface area contributed by atoms with Gasteiger partial charge in [0.25, 0.3) is 16.0 Å². The number of hydrogen-bond donors (Lipinski definition) is 0. The standard InChI is InChI=1S/C17H21N5O6S.2Na/c1-3-9-22(10-4-2,29(26,27)28)14-6-7-15(16(23)11-14)19-20-17-8-5-13(12-18-17)21(24)25;;/h5-8,11-12H,3-4,9-10H2,1-2H3,(H-,18,20,23,26,27,28);;/q;2*+1/p-1. The van der Waals surface area contributed by atoms with Crippen molar-refractivity contribution in [1.29, 1.82) is 0 Å². The first-order valence-electron chi connectivity index (χ1n) is 8.81. The van der Waals surface area contributed by atoms with Crippen molar-refractivity contribution in [2.24, 2.45) is 10.2 Å². The van der Waals surface area contributed by atoms with Gasteiger partial charge in [-0.3, -0.25) is 10.1 Å². The summed E-state index contributed by atoms with van der Waals surface area (Å²) >= 11 is 0. The fraction of sp³-hybridized carbons (Fsp3) is 0.353. The molecule has 0 bridgehead atoms. The van der Waals surface area contributed by atoms with Crippen LogP contribution in [0.3, 0.4) is 0 Å². The minimum Gasteiger partial charge on any atom is -0.871 e. The molecule has 0 aliphatic rings. The summed E-state index contributed by atoms with van der Waals surface area (Å²) in [5, 5.41) is 30.6. The number of benzene rings is 1. The Bertz CT molecular complexity index is 1010. The summed E-state index contributed by atoms with van der Waals surface area (Å²) in [4.78, 5) is 13.8. The Morgan fingerprint density at radius 2 is 1.68 bits per heavy atom. The van der Waals surface area contributed by atoms with Crippen molar-refractivity contribution in [3.05, 3.63) is 46.6 Å². The van der Waals surface area contributed by atoms with Crippen LogP contribution in [0.15, 0.2) is 46.8 Å². The molecule has 1 aromatic carbocycles. The minimum absolute atomic E-state index is 0. The van der Waals surface area contributed by atoms with Crippen molar-refractivity contribution in [1.82, 2.24) is 8.87 Å². The van der Waals surface area contributed by atoms with Crippen LogP contribution >= 0.6 is 0 Å². The topological polar surface area (TPSA) is 161 Å². The smallest absolute Gasteiger partial charge is 0.871 e. The van der Waals surface area contributed by atoms with E-state index in [9.17, 15) is 28.2 Å². The number of nitrogens with zero attached hydrogens (tertiary/aromatic N) is 5. The molecule has 14 heteroatoms. The molecule has 2 aromatic rings. The third-order valence-electron chi connectivity index (χ3n) is 4.21. The molecule has 0 aliphatic carbocycles. The van der Waals surface area contributed by atoms with Gasteiger partial charge >= 0.3 is 59.1 Å². The van der Waals surface area contributed by atoms with E-state index in [1.807, 2.05) is 0 Å². The Labute approximate surface area is 224 Å². The number of rotatable bonds is 9. The second-order valence-electron chi connectivity index (χ2n) is 6.25. The average Bonchev–Trinajstić information content (AvgIpc) is 2.66. The molecular formula is C17H20N5Na2O6S+. The van der Waals surface area contributed by atoms with Crippen LogP contribution < -0.4 is 68.1 Å². The number of aromatic nitrogens is 1. The van der Waals surface area contributed by atoms with Crippen molar-refractivity contribution < 1.29 is 82.1 Å². The zero-order chi connectivity index (χ0) is 21.7. The molecule has 0 amide bonds. The molecule has 0 aliphatic heterocycles. The maximum absolute atomic E-state index is 12.4.